The summed E-state index contributed by atoms with van der Waals surface area (Å²) < 4.78 is 5.71. The van der Waals surface area contributed by atoms with Crippen molar-refractivity contribution in [1.29, 1.82) is 0 Å². The zero-order valence-electron chi connectivity index (χ0n) is 11.9. The van der Waals surface area contributed by atoms with E-state index in [-0.39, 0.29) is 0 Å². The van der Waals surface area contributed by atoms with Crippen molar-refractivity contribution < 1.29 is 4.74 Å². The Balaban J connectivity index is 2.21. The summed E-state index contributed by atoms with van der Waals surface area (Å²) >= 11 is 4.87. The maximum Gasteiger partial charge on any atom is 0.119 e. The van der Waals surface area contributed by atoms with Gasteiger partial charge in [0, 0.05) is 0 Å². The maximum atomic E-state index is 5.71. The first-order chi connectivity index (χ1) is 9.22. The number of benzene rings is 1. The van der Waals surface area contributed by atoms with Gasteiger partial charge in [-0.15, -0.1) is 0 Å². The summed E-state index contributed by atoms with van der Waals surface area (Å²) in [4.78, 5) is 0.604. The van der Waals surface area contributed by atoms with Crippen molar-refractivity contribution in [2.45, 2.75) is 51.9 Å². The number of thiocarbonyl (C=S) groups is 1. The van der Waals surface area contributed by atoms with E-state index in [4.69, 9.17) is 22.7 Å². The van der Waals surface area contributed by atoms with Gasteiger partial charge in [-0.1, -0.05) is 50.5 Å². The molecule has 1 aromatic rings. The summed E-state index contributed by atoms with van der Waals surface area (Å²) in [5.41, 5.74) is 6.80. The average Bonchev–Trinajstić information content (AvgIpc) is 2.40. The first-order valence-corrected chi connectivity index (χ1v) is 7.63. The summed E-state index contributed by atoms with van der Waals surface area (Å²) in [5, 5.41) is 0. The summed E-state index contributed by atoms with van der Waals surface area (Å²) in [6.07, 6.45) is 7.83. The highest BCUT2D eigenvalue weighted by molar-refractivity contribution is 7.80. The number of aryl methyl sites for hydroxylation is 1. The van der Waals surface area contributed by atoms with Crippen LogP contribution < -0.4 is 10.5 Å². The van der Waals surface area contributed by atoms with E-state index in [1.807, 2.05) is 0 Å². The first kappa shape index (κ1) is 16.0. The zero-order chi connectivity index (χ0) is 13.9. The lowest BCUT2D eigenvalue weighted by atomic mass is 10.1. The van der Waals surface area contributed by atoms with E-state index >= 15 is 0 Å². The molecule has 3 heteroatoms. The van der Waals surface area contributed by atoms with Crippen molar-refractivity contribution in [3.05, 3.63) is 29.8 Å². The summed E-state index contributed by atoms with van der Waals surface area (Å²) in [6.45, 7) is 3.04. The van der Waals surface area contributed by atoms with Gasteiger partial charge in [0.25, 0.3) is 0 Å². The zero-order valence-corrected chi connectivity index (χ0v) is 12.7. The number of nitrogens with two attached hydrogens (primary N) is 1. The van der Waals surface area contributed by atoms with Crippen LogP contribution >= 0.6 is 12.2 Å². The number of rotatable bonds is 10. The molecule has 1 aromatic carbocycles. The van der Waals surface area contributed by atoms with Crippen LogP contribution in [0.3, 0.4) is 0 Å². The Morgan fingerprint density at radius 3 is 2.47 bits per heavy atom. The summed E-state index contributed by atoms with van der Waals surface area (Å²) in [7, 11) is 0. The first-order valence-electron chi connectivity index (χ1n) is 7.22. The Labute approximate surface area is 122 Å². The Bertz CT molecular complexity index is 362. The van der Waals surface area contributed by atoms with Crippen molar-refractivity contribution >= 4 is 17.2 Å². The molecule has 0 aromatic heterocycles. The largest absolute Gasteiger partial charge is 0.494 e. The van der Waals surface area contributed by atoms with Gasteiger partial charge in [0.2, 0.25) is 0 Å². The lowest BCUT2D eigenvalue weighted by molar-refractivity contribution is 0.305. The lowest BCUT2D eigenvalue weighted by Gasteiger charge is -2.07. The summed E-state index contributed by atoms with van der Waals surface area (Å²) in [5.74, 6) is 0.967. The van der Waals surface area contributed by atoms with E-state index in [1.54, 1.807) is 0 Å². The second kappa shape index (κ2) is 9.79. The molecule has 19 heavy (non-hydrogen) atoms. The predicted octanol–water partition coefficient (Wildman–Crippen LogP) is 4.25. The van der Waals surface area contributed by atoms with Crippen molar-refractivity contribution in [1.82, 2.24) is 0 Å². The third kappa shape index (κ3) is 7.83. The molecule has 2 nitrogen and oxygen atoms in total. The third-order valence-corrected chi connectivity index (χ3v) is 3.28. The van der Waals surface area contributed by atoms with Gasteiger partial charge >= 0.3 is 0 Å². The van der Waals surface area contributed by atoms with E-state index in [1.165, 1.54) is 24.8 Å². The number of hydrogen-bond donors (Lipinski definition) is 1. The lowest BCUT2D eigenvalue weighted by Crippen LogP contribution is -2.07. The molecule has 0 aliphatic carbocycles. The molecule has 2 N–H and O–H groups in total. The minimum atomic E-state index is 0.604. The Morgan fingerprint density at radius 2 is 1.84 bits per heavy atom. The third-order valence-electron chi connectivity index (χ3n) is 3.08. The van der Waals surface area contributed by atoms with Gasteiger partial charge in [-0.2, -0.15) is 0 Å². The molecule has 0 radical (unpaired) electrons. The van der Waals surface area contributed by atoms with Crippen LogP contribution in [0.15, 0.2) is 24.3 Å². The van der Waals surface area contributed by atoms with Crippen LogP contribution in [0.1, 0.15) is 51.0 Å². The van der Waals surface area contributed by atoms with Crippen molar-refractivity contribution in [2.24, 2.45) is 5.73 Å². The Hall–Kier alpha value is -1.09. The fourth-order valence-electron chi connectivity index (χ4n) is 1.94. The molecule has 0 atom stereocenters. The molecule has 0 saturated carbocycles. The monoisotopic (exact) mass is 279 g/mol. The quantitative estimate of drug-likeness (QED) is 0.513. The molecule has 0 unspecified atom stereocenters. The second-order valence-electron chi connectivity index (χ2n) is 4.87. The molecule has 1 rings (SSSR count). The van der Waals surface area contributed by atoms with Crippen molar-refractivity contribution in [3.63, 3.8) is 0 Å². The molecule has 0 amide bonds. The molecule has 106 valence electrons. The van der Waals surface area contributed by atoms with E-state index in [0.29, 0.717) is 4.99 Å². The van der Waals surface area contributed by atoms with Crippen molar-refractivity contribution in [2.75, 3.05) is 6.61 Å². The minimum absolute atomic E-state index is 0.604. The highest BCUT2D eigenvalue weighted by Gasteiger charge is 1.97. The van der Waals surface area contributed by atoms with E-state index < -0.39 is 0 Å². The number of unbranched alkanes of at least 4 members (excludes halogenated alkanes) is 3. The van der Waals surface area contributed by atoms with Gasteiger partial charge in [0.05, 0.1) is 11.6 Å². The molecule has 0 fully saturated rings. The fourth-order valence-corrected chi connectivity index (χ4v) is 2.08. The van der Waals surface area contributed by atoms with Crippen LogP contribution in [0.4, 0.5) is 0 Å². The molecule has 0 heterocycles. The van der Waals surface area contributed by atoms with Gasteiger partial charge in [-0.25, -0.2) is 0 Å². The van der Waals surface area contributed by atoms with Gasteiger partial charge in [0.1, 0.15) is 5.75 Å². The minimum Gasteiger partial charge on any atom is -0.494 e. The van der Waals surface area contributed by atoms with E-state index in [0.717, 1.165) is 38.0 Å². The molecule has 0 bridgehead atoms. The fraction of sp³-hybridized carbons (Fsp3) is 0.562. The molecule has 0 saturated heterocycles. The summed E-state index contributed by atoms with van der Waals surface area (Å²) in [6, 6.07) is 8.35. The van der Waals surface area contributed by atoms with Crippen LogP contribution in [0.2, 0.25) is 0 Å². The molecule has 0 aliphatic rings. The molecular weight excluding hydrogens is 254 g/mol. The highest BCUT2D eigenvalue weighted by Crippen LogP contribution is 2.14. The molecular formula is C16H25NOS. The van der Waals surface area contributed by atoms with Gasteiger partial charge in [-0.05, 0) is 43.4 Å². The van der Waals surface area contributed by atoms with Gasteiger partial charge < -0.3 is 10.5 Å². The molecule has 0 aliphatic heterocycles. The smallest absolute Gasteiger partial charge is 0.119 e. The van der Waals surface area contributed by atoms with Crippen LogP contribution in [-0.2, 0) is 6.42 Å². The van der Waals surface area contributed by atoms with Crippen LogP contribution in [0.5, 0.6) is 5.75 Å². The standard InChI is InChI=1S/C16H25NOS/c1-2-3-4-5-13-18-15-11-9-14(10-12-15)7-6-8-16(17)19/h9-12H,2-8,13H2,1H3,(H2,17,19). The number of hydrogen-bond acceptors (Lipinski definition) is 2. The Kier molecular flexibility index (Phi) is 8.23. The molecule has 0 spiro atoms. The predicted molar refractivity (Wildman–Crippen MR) is 85.8 cm³/mol. The van der Waals surface area contributed by atoms with Crippen molar-refractivity contribution in [3.8, 4) is 5.75 Å². The van der Waals surface area contributed by atoms with Gasteiger partial charge in [-0.3, -0.25) is 0 Å². The second-order valence-corrected chi connectivity index (χ2v) is 5.40. The Morgan fingerprint density at radius 1 is 1.11 bits per heavy atom. The van der Waals surface area contributed by atoms with Crippen LogP contribution in [0, 0.1) is 0 Å². The maximum absolute atomic E-state index is 5.71. The van der Waals surface area contributed by atoms with Crippen LogP contribution in [-0.4, -0.2) is 11.6 Å². The van der Waals surface area contributed by atoms with E-state index in [9.17, 15) is 0 Å². The van der Waals surface area contributed by atoms with E-state index in [2.05, 4.69) is 31.2 Å². The number of ether oxygens (including phenoxy) is 1. The van der Waals surface area contributed by atoms with Crippen LogP contribution in [0.25, 0.3) is 0 Å². The van der Waals surface area contributed by atoms with Gasteiger partial charge in [0.15, 0.2) is 0 Å². The topological polar surface area (TPSA) is 35.2 Å². The normalized spacial score (nSPS) is 10.4. The SMILES string of the molecule is CCCCCCOc1ccc(CCCC(N)=S)cc1. The average molecular weight is 279 g/mol. The highest BCUT2D eigenvalue weighted by atomic mass is 32.1.